The summed E-state index contributed by atoms with van der Waals surface area (Å²) in [6, 6.07) is 15.7. The predicted octanol–water partition coefficient (Wildman–Crippen LogP) is 4.94. The van der Waals surface area contributed by atoms with Crippen LogP contribution in [0, 0.1) is 0 Å². The lowest BCUT2D eigenvalue weighted by Crippen LogP contribution is -2.25. The van der Waals surface area contributed by atoms with E-state index in [1.807, 2.05) is 0 Å². The van der Waals surface area contributed by atoms with Gasteiger partial charge in [0.25, 0.3) is 20.2 Å². The number of nitrogens with two attached hydrogens (primary N) is 1. The normalized spacial score (nSPS) is 12.8. The Bertz CT molecular complexity index is 2780. The van der Waals surface area contributed by atoms with Crippen LogP contribution in [0.15, 0.2) is 99.5 Å². The van der Waals surface area contributed by atoms with E-state index in [1.54, 1.807) is 13.0 Å². The topological polar surface area (TPSA) is 269 Å². The summed E-state index contributed by atoms with van der Waals surface area (Å²) in [5.74, 6) is -1.81. The number of hydrogen-bond acceptors (Lipinski definition) is 15. The Morgan fingerprint density at radius 2 is 1.44 bits per heavy atom. The number of hydrogen-bond donors (Lipinski definition) is 5. The molecule has 1 aliphatic rings. The van der Waals surface area contributed by atoms with Crippen LogP contribution in [0.3, 0.4) is 0 Å². The third kappa shape index (κ3) is 7.12. The molecule has 0 fully saturated rings. The number of sulfone groups is 1. The molecule has 0 atom stereocenters. The summed E-state index contributed by atoms with van der Waals surface area (Å²) in [6.07, 6.45) is 0. The molecule has 1 heterocycles. The number of nitrogen functional groups attached to an aromatic ring is 1. The van der Waals surface area contributed by atoms with E-state index < -0.39 is 79.6 Å². The largest absolute Gasteiger partial charge is 0.397 e. The van der Waals surface area contributed by atoms with Gasteiger partial charge < -0.3 is 21.3 Å². The average Bonchev–Trinajstić information content (AvgIpc) is 3.11. The van der Waals surface area contributed by atoms with Crippen LogP contribution in [0.2, 0.25) is 5.28 Å². The van der Waals surface area contributed by atoms with Crippen LogP contribution >= 0.6 is 11.6 Å². The summed E-state index contributed by atoms with van der Waals surface area (Å²) in [5, 5.41) is 5.88. The SMILES string of the molecule is C=CS(=O)(=O)c1cccc(N(CC)c2nc(Cl)nc(Nc3ccc(Nc4cc(S(=O)(=O)O)c(N)c5c4C(=O)c4ccccc4C5=O)c(S(=O)(=O)O)c3)n2)c1. The van der Waals surface area contributed by atoms with E-state index in [1.165, 1.54) is 53.4 Å². The van der Waals surface area contributed by atoms with Crippen molar-refractivity contribution in [1.29, 1.82) is 0 Å². The van der Waals surface area contributed by atoms with Crippen molar-refractivity contribution >= 4 is 93.6 Å². The highest BCUT2D eigenvalue weighted by Gasteiger charge is 2.37. The van der Waals surface area contributed by atoms with Crippen molar-refractivity contribution < 1.29 is 43.9 Å². The van der Waals surface area contributed by atoms with Gasteiger partial charge in [-0.2, -0.15) is 31.8 Å². The number of benzene rings is 4. The first-order valence-electron chi connectivity index (χ1n) is 15.3. The molecule has 6 rings (SSSR count). The molecule has 278 valence electrons. The Morgan fingerprint density at radius 3 is 2.06 bits per heavy atom. The Kier molecular flexibility index (Phi) is 9.77. The molecule has 0 bridgehead atoms. The average molecular weight is 812 g/mol. The second-order valence-corrected chi connectivity index (χ2v) is 16.4. The van der Waals surface area contributed by atoms with Crippen LogP contribution in [0.1, 0.15) is 38.8 Å². The van der Waals surface area contributed by atoms with Gasteiger partial charge in [-0.3, -0.25) is 18.7 Å². The maximum atomic E-state index is 13.7. The molecule has 0 spiro atoms. The van der Waals surface area contributed by atoms with Crippen LogP contribution in [0.4, 0.5) is 40.3 Å². The van der Waals surface area contributed by atoms with Crippen molar-refractivity contribution in [2.24, 2.45) is 0 Å². The zero-order valence-corrected chi connectivity index (χ0v) is 30.8. The monoisotopic (exact) mass is 811 g/mol. The number of carbonyl (C=O) groups is 2. The molecule has 0 unspecified atom stereocenters. The summed E-state index contributed by atoms with van der Waals surface area (Å²) in [5.41, 5.74) is 3.79. The minimum atomic E-state index is -5.09. The molecule has 6 N–H and O–H groups in total. The molecule has 1 aromatic heterocycles. The smallest absolute Gasteiger partial charge is 0.296 e. The van der Waals surface area contributed by atoms with Crippen LogP contribution in [-0.2, 0) is 30.1 Å². The fourth-order valence-electron chi connectivity index (χ4n) is 5.68. The summed E-state index contributed by atoms with van der Waals surface area (Å²) >= 11 is 6.21. The van der Waals surface area contributed by atoms with Crippen molar-refractivity contribution in [3.8, 4) is 0 Å². The van der Waals surface area contributed by atoms with E-state index in [-0.39, 0.29) is 45.4 Å². The summed E-state index contributed by atoms with van der Waals surface area (Å²) < 4.78 is 95.1. The molecule has 1 aliphatic carbocycles. The maximum absolute atomic E-state index is 13.7. The Balaban J connectivity index is 1.41. The van der Waals surface area contributed by atoms with Crippen molar-refractivity contribution in [2.75, 3.05) is 27.8 Å². The van der Waals surface area contributed by atoms with Crippen LogP contribution in [0.25, 0.3) is 0 Å². The van der Waals surface area contributed by atoms with E-state index in [2.05, 4.69) is 32.2 Å². The Morgan fingerprint density at radius 1 is 0.796 bits per heavy atom. The standard InChI is InChI=1S/C33H26ClN7O10S3/c1-3-41(18-8-7-9-19(15-18)52(44,45)4-2)33-39-31(34)38-32(40-33)36-17-12-13-22(24(14-17)53(46,47)48)37-23-16-25(54(49,50)51)28(35)27-26(23)29(42)20-10-5-6-11-21(20)30(27)43/h4-16,37H,2-3,35H2,1H3,(H,46,47,48)(H,49,50,51)(H,36,38,39,40). The second kappa shape index (κ2) is 13.9. The third-order valence-electron chi connectivity index (χ3n) is 8.09. The van der Waals surface area contributed by atoms with E-state index in [9.17, 15) is 43.9 Å². The van der Waals surface area contributed by atoms with Crippen LogP contribution in [0.5, 0.6) is 0 Å². The zero-order valence-electron chi connectivity index (χ0n) is 27.5. The van der Waals surface area contributed by atoms with E-state index >= 15 is 0 Å². The van der Waals surface area contributed by atoms with Gasteiger partial charge in [0, 0.05) is 34.5 Å². The lowest BCUT2D eigenvalue weighted by molar-refractivity contribution is 0.0980. The molecule has 21 heteroatoms. The van der Waals surface area contributed by atoms with Gasteiger partial charge in [-0.15, -0.1) is 0 Å². The third-order valence-corrected chi connectivity index (χ3v) is 11.4. The Hall–Kier alpha value is -5.77. The van der Waals surface area contributed by atoms with Gasteiger partial charge in [0.1, 0.15) is 9.79 Å². The maximum Gasteiger partial charge on any atom is 0.296 e. The first kappa shape index (κ1) is 38.0. The molecule has 0 radical (unpaired) electrons. The van der Waals surface area contributed by atoms with Crippen molar-refractivity contribution in [3.63, 3.8) is 0 Å². The van der Waals surface area contributed by atoms with Gasteiger partial charge in [-0.05, 0) is 61.0 Å². The van der Waals surface area contributed by atoms with Gasteiger partial charge in [-0.1, -0.05) is 36.9 Å². The van der Waals surface area contributed by atoms with Crippen LogP contribution in [-0.4, -0.2) is 67.4 Å². The molecule has 0 aliphatic heterocycles. The van der Waals surface area contributed by atoms with Gasteiger partial charge in [-0.25, -0.2) is 8.42 Å². The van der Waals surface area contributed by atoms with Crippen molar-refractivity contribution in [3.05, 3.63) is 112 Å². The molecule has 54 heavy (non-hydrogen) atoms. The van der Waals surface area contributed by atoms with E-state index in [0.717, 1.165) is 23.6 Å². The number of anilines is 7. The number of carbonyl (C=O) groups excluding carboxylic acids is 2. The Labute approximate surface area is 313 Å². The molecular formula is C33H26ClN7O10S3. The molecule has 0 saturated heterocycles. The fourth-order valence-corrected chi connectivity index (χ4v) is 7.90. The highest BCUT2D eigenvalue weighted by molar-refractivity contribution is 7.94. The lowest BCUT2D eigenvalue weighted by Gasteiger charge is -2.24. The fraction of sp³-hybridized carbons (Fsp3) is 0.0606. The first-order chi connectivity index (χ1) is 25.3. The highest BCUT2D eigenvalue weighted by atomic mass is 35.5. The number of nitrogens with zero attached hydrogens (tertiary/aromatic N) is 4. The molecule has 17 nitrogen and oxygen atoms in total. The summed E-state index contributed by atoms with van der Waals surface area (Å²) in [7, 11) is -14.0. The number of fused-ring (bicyclic) bond motifs is 2. The molecule has 0 saturated carbocycles. The zero-order chi connectivity index (χ0) is 39.3. The number of rotatable bonds is 11. The summed E-state index contributed by atoms with van der Waals surface area (Å²) in [6.45, 7) is 5.31. The predicted molar refractivity (Wildman–Crippen MR) is 198 cm³/mol. The molecular weight excluding hydrogens is 786 g/mol. The van der Waals surface area contributed by atoms with Gasteiger partial charge in [0.15, 0.2) is 21.4 Å². The molecule has 4 aromatic carbocycles. The second-order valence-electron chi connectivity index (χ2n) is 11.4. The minimum Gasteiger partial charge on any atom is -0.397 e. The van der Waals surface area contributed by atoms with Gasteiger partial charge in [0.2, 0.25) is 17.2 Å². The van der Waals surface area contributed by atoms with Crippen molar-refractivity contribution in [1.82, 2.24) is 15.0 Å². The van der Waals surface area contributed by atoms with Gasteiger partial charge >= 0.3 is 0 Å². The number of halogens is 1. The molecule has 5 aromatic rings. The number of aromatic nitrogens is 3. The quantitative estimate of drug-likeness (QED) is 0.0856. The van der Waals surface area contributed by atoms with Crippen LogP contribution < -0.4 is 21.3 Å². The highest BCUT2D eigenvalue weighted by Crippen LogP contribution is 2.41. The van der Waals surface area contributed by atoms with Crippen molar-refractivity contribution in [2.45, 2.75) is 21.6 Å². The summed E-state index contributed by atoms with van der Waals surface area (Å²) in [4.78, 5) is 39.5. The first-order valence-corrected chi connectivity index (χ1v) is 20.1. The number of ketones is 2. The van der Waals surface area contributed by atoms with Gasteiger partial charge in [0.05, 0.1) is 33.1 Å². The molecule has 0 amide bonds. The van der Waals surface area contributed by atoms with E-state index in [0.29, 0.717) is 5.69 Å². The lowest BCUT2D eigenvalue weighted by atomic mass is 9.82. The minimum absolute atomic E-state index is 0.0232. The number of nitrogens with one attached hydrogen (secondary N) is 2. The van der Waals surface area contributed by atoms with E-state index in [4.69, 9.17) is 17.3 Å².